The number of hydrogen-bond acceptors (Lipinski definition) is 3. The van der Waals surface area contributed by atoms with Gasteiger partial charge in [-0.15, -0.1) is 0 Å². The Morgan fingerprint density at radius 2 is 2.00 bits per heavy atom. The fourth-order valence-corrected chi connectivity index (χ4v) is 3.03. The van der Waals surface area contributed by atoms with Crippen molar-refractivity contribution in [1.82, 2.24) is 5.32 Å². The zero-order valence-corrected chi connectivity index (χ0v) is 13.6. The van der Waals surface area contributed by atoms with Crippen LogP contribution in [0.15, 0.2) is 18.2 Å². The summed E-state index contributed by atoms with van der Waals surface area (Å²) in [5, 5.41) is 3.20. The maximum atomic E-state index is 12.7. The highest BCUT2D eigenvalue weighted by atomic mass is 16.6. The van der Waals surface area contributed by atoms with Gasteiger partial charge in [0, 0.05) is 6.04 Å². The number of carbonyl (C=O) groups excluding carboxylic acids is 1. The first-order chi connectivity index (χ1) is 10.5. The number of nitrogens with one attached hydrogen (secondary N) is 1. The zero-order valence-electron chi connectivity index (χ0n) is 13.6. The maximum Gasteiger partial charge on any atom is 0.230 e. The van der Waals surface area contributed by atoms with Crippen molar-refractivity contribution in [2.45, 2.75) is 51.5 Å². The van der Waals surface area contributed by atoms with E-state index in [1.165, 1.54) is 12.8 Å². The Kier molecular flexibility index (Phi) is 4.02. The summed E-state index contributed by atoms with van der Waals surface area (Å²) in [5.41, 5.74) is 0.386. The van der Waals surface area contributed by atoms with Crippen LogP contribution in [-0.4, -0.2) is 25.2 Å². The molecular formula is C18H25NO3. The number of carbonyl (C=O) groups is 1. The molecule has 0 bridgehead atoms. The van der Waals surface area contributed by atoms with Crippen molar-refractivity contribution in [3.05, 3.63) is 23.8 Å². The molecule has 0 saturated heterocycles. The van der Waals surface area contributed by atoms with Crippen LogP contribution in [0.4, 0.5) is 0 Å². The standard InChI is InChI=1S/C18H25NO3/c1-4-5-12-10-14(12)19-17(20)18(2,3)13-6-7-15-16(11-13)22-9-8-21-15/h6-7,11-12,14H,4-5,8-10H2,1-3H3,(H,19,20). The van der Waals surface area contributed by atoms with Crippen molar-refractivity contribution in [2.75, 3.05) is 13.2 Å². The highest BCUT2D eigenvalue weighted by molar-refractivity contribution is 5.88. The van der Waals surface area contributed by atoms with Crippen molar-refractivity contribution in [2.24, 2.45) is 5.92 Å². The van der Waals surface area contributed by atoms with Gasteiger partial charge >= 0.3 is 0 Å². The van der Waals surface area contributed by atoms with Crippen LogP contribution < -0.4 is 14.8 Å². The molecule has 2 unspecified atom stereocenters. The molecule has 22 heavy (non-hydrogen) atoms. The van der Waals surface area contributed by atoms with Crippen LogP contribution in [0.5, 0.6) is 11.5 Å². The first-order valence-corrected chi connectivity index (χ1v) is 8.23. The fourth-order valence-electron chi connectivity index (χ4n) is 3.03. The van der Waals surface area contributed by atoms with E-state index >= 15 is 0 Å². The maximum absolute atomic E-state index is 12.7. The lowest BCUT2D eigenvalue weighted by atomic mass is 9.83. The van der Waals surface area contributed by atoms with Crippen molar-refractivity contribution in [3.63, 3.8) is 0 Å². The topological polar surface area (TPSA) is 47.6 Å². The molecule has 120 valence electrons. The third-order valence-electron chi connectivity index (χ3n) is 4.73. The summed E-state index contributed by atoms with van der Waals surface area (Å²) in [7, 11) is 0. The average Bonchev–Trinajstić information content (AvgIpc) is 3.24. The van der Waals surface area contributed by atoms with Gasteiger partial charge in [0.25, 0.3) is 0 Å². The Bertz CT molecular complexity index is 567. The number of fused-ring (bicyclic) bond motifs is 1. The molecule has 4 nitrogen and oxygen atoms in total. The number of hydrogen-bond donors (Lipinski definition) is 1. The number of amides is 1. The van der Waals surface area contributed by atoms with Gasteiger partial charge in [0.1, 0.15) is 13.2 Å². The monoisotopic (exact) mass is 303 g/mol. The first-order valence-electron chi connectivity index (χ1n) is 8.23. The van der Waals surface area contributed by atoms with Crippen molar-refractivity contribution < 1.29 is 14.3 Å². The summed E-state index contributed by atoms with van der Waals surface area (Å²) in [6.07, 6.45) is 3.51. The van der Waals surface area contributed by atoms with E-state index in [1.54, 1.807) is 0 Å². The Labute approximate surface area is 132 Å². The van der Waals surface area contributed by atoms with Crippen LogP contribution in [0, 0.1) is 5.92 Å². The number of ether oxygens (including phenoxy) is 2. The molecule has 4 heteroatoms. The van der Waals surface area contributed by atoms with Gasteiger partial charge in [-0.2, -0.15) is 0 Å². The predicted octanol–water partition coefficient (Wildman–Crippen LogP) is 3.04. The summed E-state index contributed by atoms with van der Waals surface area (Å²) in [5.74, 6) is 2.26. The van der Waals surface area contributed by atoms with Crippen molar-refractivity contribution in [1.29, 1.82) is 0 Å². The normalized spacial score (nSPS) is 23.0. The van der Waals surface area contributed by atoms with Gasteiger partial charge in [-0.1, -0.05) is 19.4 Å². The number of benzene rings is 1. The van der Waals surface area contributed by atoms with Gasteiger partial charge in [-0.3, -0.25) is 4.79 Å². The van der Waals surface area contributed by atoms with E-state index in [-0.39, 0.29) is 5.91 Å². The van der Waals surface area contributed by atoms with Crippen LogP contribution in [0.1, 0.15) is 45.6 Å². The highest BCUT2D eigenvalue weighted by Gasteiger charge is 2.40. The smallest absolute Gasteiger partial charge is 0.230 e. The van der Waals surface area contributed by atoms with Crippen molar-refractivity contribution in [3.8, 4) is 11.5 Å². The molecule has 3 rings (SSSR count). The Morgan fingerprint density at radius 1 is 1.27 bits per heavy atom. The van der Waals surface area contributed by atoms with Crippen LogP contribution in [0.3, 0.4) is 0 Å². The second-order valence-corrected chi connectivity index (χ2v) is 6.85. The summed E-state index contributed by atoms with van der Waals surface area (Å²) < 4.78 is 11.2. The Morgan fingerprint density at radius 3 is 2.73 bits per heavy atom. The lowest BCUT2D eigenvalue weighted by Gasteiger charge is -2.26. The molecule has 1 heterocycles. The third kappa shape index (κ3) is 2.92. The lowest BCUT2D eigenvalue weighted by Crippen LogP contribution is -2.41. The van der Waals surface area contributed by atoms with Gasteiger partial charge in [-0.05, 0) is 50.3 Å². The molecule has 1 fully saturated rings. The summed E-state index contributed by atoms with van der Waals surface area (Å²) >= 11 is 0. The molecule has 0 spiro atoms. The predicted molar refractivity (Wildman–Crippen MR) is 85.4 cm³/mol. The second kappa shape index (κ2) is 5.82. The first kappa shape index (κ1) is 15.2. The van der Waals surface area contributed by atoms with E-state index in [1.807, 2.05) is 32.0 Å². The average molecular weight is 303 g/mol. The van der Waals surface area contributed by atoms with E-state index in [4.69, 9.17) is 9.47 Å². The second-order valence-electron chi connectivity index (χ2n) is 6.85. The minimum Gasteiger partial charge on any atom is -0.486 e. The van der Waals surface area contributed by atoms with Gasteiger partial charge in [0.05, 0.1) is 5.41 Å². The van der Waals surface area contributed by atoms with Crippen molar-refractivity contribution >= 4 is 5.91 Å². The van der Waals surface area contributed by atoms with Gasteiger partial charge in [0.2, 0.25) is 5.91 Å². The molecule has 2 aliphatic rings. The van der Waals surface area contributed by atoms with E-state index in [2.05, 4.69) is 12.2 Å². The largest absolute Gasteiger partial charge is 0.486 e. The minimum absolute atomic E-state index is 0.0905. The zero-order chi connectivity index (χ0) is 15.7. The number of rotatable bonds is 5. The SMILES string of the molecule is CCCC1CC1NC(=O)C(C)(C)c1ccc2c(c1)OCCO2. The molecule has 1 aromatic rings. The van der Waals surface area contributed by atoms with Gasteiger partial charge in [-0.25, -0.2) is 0 Å². The lowest BCUT2D eigenvalue weighted by molar-refractivity contribution is -0.125. The van der Waals surface area contributed by atoms with E-state index < -0.39 is 5.41 Å². The molecule has 1 aliphatic carbocycles. The molecule has 1 aliphatic heterocycles. The quantitative estimate of drug-likeness (QED) is 0.909. The minimum atomic E-state index is -0.574. The van der Waals surface area contributed by atoms with Gasteiger partial charge < -0.3 is 14.8 Å². The highest BCUT2D eigenvalue weighted by Crippen LogP contribution is 2.38. The Hall–Kier alpha value is -1.71. The summed E-state index contributed by atoms with van der Waals surface area (Å²) in [4.78, 5) is 12.7. The summed E-state index contributed by atoms with van der Waals surface area (Å²) in [6.45, 7) is 7.26. The molecular weight excluding hydrogens is 278 g/mol. The molecule has 0 radical (unpaired) electrons. The van der Waals surface area contributed by atoms with Crippen LogP contribution in [0.2, 0.25) is 0 Å². The molecule has 1 N–H and O–H groups in total. The summed E-state index contributed by atoms with van der Waals surface area (Å²) in [6, 6.07) is 6.16. The third-order valence-corrected chi connectivity index (χ3v) is 4.73. The van der Waals surface area contributed by atoms with Crippen LogP contribution in [-0.2, 0) is 10.2 Å². The molecule has 2 atom stereocenters. The Balaban J connectivity index is 1.70. The molecule has 1 amide bonds. The molecule has 1 saturated carbocycles. The molecule has 1 aromatic carbocycles. The van der Waals surface area contributed by atoms with E-state index in [9.17, 15) is 4.79 Å². The molecule has 0 aromatic heterocycles. The van der Waals surface area contributed by atoms with Gasteiger partial charge in [0.15, 0.2) is 11.5 Å². The van der Waals surface area contributed by atoms with Crippen LogP contribution in [0.25, 0.3) is 0 Å². The van der Waals surface area contributed by atoms with E-state index in [0.717, 1.165) is 23.5 Å². The van der Waals surface area contributed by atoms with E-state index in [0.29, 0.717) is 25.2 Å². The van der Waals surface area contributed by atoms with Crippen LogP contribution >= 0.6 is 0 Å². The fraction of sp³-hybridized carbons (Fsp3) is 0.611.